The third-order valence-corrected chi connectivity index (χ3v) is 11.6. The monoisotopic (exact) mass is 738 g/mol. The molecule has 0 saturated heterocycles. The molecule has 0 fully saturated rings. The minimum atomic E-state index is 1.09. The van der Waals surface area contributed by atoms with Crippen LogP contribution in [0.5, 0.6) is 0 Å². The Hall–Kier alpha value is -7.68. The Morgan fingerprint density at radius 3 is 1.69 bits per heavy atom. The number of nitrogens with zero attached hydrogens (tertiary/aromatic N) is 2. The second kappa shape index (κ2) is 14.1. The molecule has 2 nitrogen and oxygen atoms in total. The lowest BCUT2D eigenvalue weighted by molar-refractivity contribution is 1.18. The SMILES string of the molecule is c1ccc(-c2cc(N(c3ccc(-c4ccccc4)c4ccccc34)c3cccc4c3c3ccccc3n4-c3ccccc3)ccc2-c2ccc3ccccc3c2)cc1. The van der Waals surface area contributed by atoms with E-state index in [4.69, 9.17) is 0 Å². The lowest BCUT2D eigenvalue weighted by atomic mass is 9.92. The fourth-order valence-corrected chi connectivity index (χ4v) is 8.93. The standard InChI is InChI=1S/C56H38N2/c1-4-18-40(19-5-1)46-35-36-53(49-26-13-12-25-48(46)49)58(55-30-16-29-54-56(55)50-27-14-15-28-52(50)57(54)44-23-8-3-9-24-44)45-33-34-47(51(38-45)41-20-6-2-7-21-41)43-32-31-39-17-10-11-22-42(39)37-43/h1-38H. The van der Waals surface area contributed by atoms with Crippen LogP contribution in [-0.4, -0.2) is 4.57 Å². The first-order chi connectivity index (χ1) is 28.8. The second-order valence-electron chi connectivity index (χ2n) is 14.9. The van der Waals surface area contributed by atoms with Gasteiger partial charge in [0, 0.05) is 27.5 Å². The molecule has 58 heavy (non-hydrogen) atoms. The molecule has 1 heterocycles. The zero-order chi connectivity index (χ0) is 38.4. The van der Waals surface area contributed by atoms with E-state index < -0.39 is 0 Å². The van der Waals surface area contributed by atoms with E-state index in [1.54, 1.807) is 0 Å². The van der Waals surface area contributed by atoms with Gasteiger partial charge in [0.15, 0.2) is 0 Å². The predicted octanol–water partition coefficient (Wildman–Crippen LogP) is 15.6. The lowest BCUT2D eigenvalue weighted by Crippen LogP contribution is -2.11. The molecule has 0 bridgehead atoms. The van der Waals surface area contributed by atoms with Crippen molar-refractivity contribution >= 4 is 60.4 Å². The van der Waals surface area contributed by atoms with E-state index in [0.717, 1.165) is 28.3 Å². The molecule has 0 aliphatic heterocycles. The first kappa shape index (κ1) is 33.6. The molecular weight excluding hydrogens is 701 g/mol. The maximum Gasteiger partial charge on any atom is 0.0562 e. The molecule has 11 aromatic rings. The zero-order valence-electron chi connectivity index (χ0n) is 31.8. The van der Waals surface area contributed by atoms with E-state index in [0.29, 0.717) is 0 Å². The Balaban J connectivity index is 1.22. The van der Waals surface area contributed by atoms with Crippen LogP contribution in [0.15, 0.2) is 231 Å². The maximum atomic E-state index is 2.50. The Bertz CT molecular complexity index is 3270. The lowest BCUT2D eigenvalue weighted by Gasteiger charge is -2.29. The largest absolute Gasteiger partial charge is 0.309 e. The smallest absolute Gasteiger partial charge is 0.0562 e. The van der Waals surface area contributed by atoms with Gasteiger partial charge in [-0.05, 0) is 104 Å². The third-order valence-electron chi connectivity index (χ3n) is 11.6. The van der Waals surface area contributed by atoms with Gasteiger partial charge in [-0.25, -0.2) is 0 Å². The Morgan fingerprint density at radius 2 is 0.914 bits per heavy atom. The minimum Gasteiger partial charge on any atom is -0.309 e. The van der Waals surface area contributed by atoms with Crippen molar-refractivity contribution in [2.75, 3.05) is 4.90 Å². The second-order valence-corrected chi connectivity index (χ2v) is 14.9. The van der Waals surface area contributed by atoms with Crippen molar-refractivity contribution in [3.05, 3.63) is 231 Å². The van der Waals surface area contributed by atoms with Gasteiger partial charge in [-0.1, -0.05) is 176 Å². The van der Waals surface area contributed by atoms with Crippen LogP contribution in [0.4, 0.5) is 17.1 Å². The average molecular weight is 739 g/mol. The van der Waals surface area contributed by atoms with E-state index in [-0.39, 0.29) is 0 Å². The highest BCUT2D eigenvalue weighted by Gasteiger charge is 2.24. The van der Waals surface area contributed by atoms with Gasteiger partial charge in [-0.2, -0.15) is 0 Å². The number of aromatic nitrogens is 1. The molecule has 0 amide bonds. The summed E-state index contributed by atoms with van der Waals surface area (Å²) in [7, 11) is 0. The fourth-order valence-electron chi connectivity index (χ4n) is 8.93. The molecule has 0 radical (unpaired) electrons. The van der Waals surface area contributed by atoms with Crippen molar-refractivity contribution in [1.29, 1.82) is 0 Å². The average Bonchev–Trinajstić information content (AvgIpc) is 3.65. The molecule has 0 atom stereocenters. The topological polar surface area (TPSA) is 8.17 Å². The van der Waals surface area contributed by atoms with Gasteiger partial charge in [0.1, 0.15) is 0 Å². The molecule has 0 saturated carbocycles. The normalized spacial score (nSPS) is 11.4. The number of hydrogen-bond donors (Lipinski definition) is 0. The third kappa shape index (κ3) is 5.66. The molecule has 272 valence electrons. The van der Waals surface area contributed by atoms with Crippen molar-refractivity contribution in [3.8, 4) is 39.1 Å². The zero-order valence-corrected chi connectivity index (χ0v) is 31.8. The van der Waals surface area contributed by atoms with Gasteiger partial charge in [-0.3, -0.25) is 0 Å². The highest BCUT2D eigenvalue weighted by molar-refractivity contribution is 6.18. The molecule has 0 unspecified atom stereocenters. The van der Waals surface area contributed by atoms with Crippen LogP contribution in [0.1, 0.15) is 0 Å². The number of para-hydroxylation sites is 2. The quantitative estimate of drug-likeness (QED) is 0.158. The van der Waals surface area contributed by atoms with E-state index in [1.807, 2.05) is 0 Å². The van der Waals surface area contributed by atoms with Crippen molar-refractivity contribution in [2.24, 2.45) is 0 Å². The molecule has 1 aromatic heterocycles. The molecule has 2 heteroatoms. The van der Waals surface area contributed by atoms with E-state index in [2.05, 4.69) is 240 Å². The number of benzene rings is 10. The van der Waals surface area contributed by atoms with Gasteiger partial charge >= 0.3 is 0 Å². The van der Waals surface area contributed by atoms with E-state index >= 15 is 0 Å². The summed E-state index contributed by atoms with van der Waals surface area (Å²) in [5.74, 6) is 0. The summed E-state index contributed by atoms with van der Waals surface area (Å²) in [5, 5.41) is 7.29. The van der Waals surface area contributed by atoms with Crippen LogP contribution in [0.25, 0.3) is 82.4 Å². The van der Waals surface area contributed by atoms with Crippen molar-refractivity contribution < 1.29 is 0 Å². The van der Waals surface area contributed by atoms with Gasteiger partial charge in [0.25, 0.3) is 0 Å². The summed E-state index contributed by atoms with van der Waals surface area (Å²) in [6.45, 7) is 0. The van der Waals surface area contributed by atoms with Crippen molar-refractivity contribution in [3.63, 3.8) is 0 Å². The minimum absolute atomic E-state index is 1.09. The molecule has 0 N–H and O–H groups in total. The molecular formula is C56H38N2. The van der Waals surface area contributed by atoms with Crippen LogP contribution >= 0.6 is 0 Å². The van der Waals surface area contributed by atoms with Crippen molar-refractivity contribution in [2.45, 2.75) is 0 Å². The molecule has 11 rings (SSSR count). The first-order valence-electron chi connectivity index (χ1n) is 19.9. The molecule has 10 aromatic carbocycles. The van der Waals surface area contributed by atoms with Crippen LogP contribution < -0.4 is 4.90 Å². The maximum absolute atomic E-state index is 2.50. The van der Waals surface area contributed by atoms with Crippen LogP contribution in [-0.2, 0) is 0 Å². The number of hydrogen-bond acceptors (Lipinski definition) is 1. The number of rotatable bonds is 7. The van der Waals surface area contributed by atoms with E-state index in [9.17, 15) is 0 Å². The molecule has 0 aliphatic rings. The summed E-state index contributed by atoms with van der Waals surface area (Å²) in [6, 6.07) is 83.8. The summed E-state index contributed by atoms with van der Waals surface area (Å²) in [6.07, 6.45) is 0. The summed E-state index contributed by atoms with van der Waals surface area (Å²) >= 11 is 0. The highest BCUT2D eigenvalue weighted by Crippen LogP contribution is 2.48. The first-order valence-corrected chi connectivity index (χ1v) is 19.9. The Morgan fingerprint density at radius 1 is 0.310 bits per heavy atom. The van der Waals surface area contributed by atoms with Crippen LogP contribution in [0, 0.1) is 0 Å². The molecule has 0 spiro atoms. The summed E-state index contributed by atoms with van der Waals surface area (Å²) in [5.41, 5.74) is 14.0. The Kier molecular flexibility index (Phi) is 8.19. The fraction of sp³-hybridized carbons (Fsp3) is 0. The van der Waals surface area contributed by atoms with Crippen molar-refractivity contribution in [1.82, 2.24) is 4.57 Å². The van der Waals surface area contributed by atoms with E-state index in [1.165, 1.54) is 71.2 Å². The van der Waals surface area contributed by atoms with Gasteiger partial charge < -0.3 is 9.47 Å². The molecule has 0 aliphatic carbocycles. The van der Waals surface area contributed by atoms with Crippen LogP contribution in [0.2, 0.25) is 0 Å². The predicted molar refractivity (Wildman–Crippen MR) is 247 cm³/mol. The summed E-state index contributed by atoms with van der Waals surface area (Å²) in [4.78, 5) is 2.50. The van der Waals surface area contributed by atoms with Gasteiger partial charge in [-0.15, -0.1) is 0 Å². The van der Waals surface area contributed by atoms with Gasteiger partial charge in [0.05, 0.1) is 22.4 Å². The number of fused-ring (bicyclic) bond motifs is 5. The van der Waals surface area contributed by atoms with Gasteiger partial charge in [0.2, 0.25) is 0 Å². The highest BCUT2D eigenvalue weighted by atomic mass is 15.1. The van der Waals surface area contributed by atoms with Crippen LogP contribution in [0.3, 0.4) is 0 Å². The Labute approximate surface area is 338 Å². The number of anilines is 3. The summed E-state index contributed by atoms with van der Waals surface area (Å²) < 4.78 is 2.40.